The van der Waals surface area contributed by atoms with Gasteiger partial charge in [0.2, 0.25) is 0 Å². The summed E-state index contributed by atoms with van der Waals surface area (Å²) >= 11 is 1.22. The quantitative estimate of drug-likeness (QED) is 0.635. The van der Waals surface area contributed by atoms with Crippen molar-refractivity contribution in [3.8, 4) is 0 Å². The lowest BCUT2D eigenvalue weighted by Crippen LogP contribution is -2.53. The zero-order valence-electron chi connectivity index (χ0n) is 19.5. The number of amides is 2. The third-order valence-corrected chi connectivity index (χ3v) is 8.38. The van der Waals surface area contributed by atoms with Gasteiger partial charge in [-0.2, -0.15) is 0 Å². The molecule has 10 heteroatoms. The highest BCUT2D eigenvalue weighted by molar-refractivity contribution is 7.23. The van der Waals surface area contributed by atoms with Gasteiger partial charge < -0.3 is 14.7 Å². The third kappa shape index (κ3) is 4.13. The molecule has 2 N–H and O–H groups in total. The van der Waals surface area contributed by atoms with Crippen molar-refractivity contribution >= 4 is 44.5 Å². The highest BCUT2D eigenvalue weighted by Gasteiger charge is 2.54. The molecular weight excluding hydrogens is 456 g/mol. The number of piperidine rings is 2. The van der Waals surface area contributed by atoms with E-state index in [1.54, 1.807) is 17.2 Å². The number of rotatable bonds is 3. The van der Waals surface area contributed by atoms with E-state index in [4.69, 9.17) is 4.74 Å². The molecule has 34 heavy (non-hydrogen) atoms. The molecule has 3 aliphatic rings. The van der Waals surface area contributed by atoms with Crippen molar-refractivity contribution in [3.63, 3.8) is 0 Å². The van der Waals surface area contributed by atoms with E-state index in [1.165, 1.54) is 11.3 Å². The molecule has 0 radical (unpaired) electrons. The number of nitrogens with one attached hydrogen (secondary N) is 1. The van der Waals surface area contributed by atoms with Crippen molar-refractivity contribution in [2.75, 3.05) is 31.5 Å². The van der Waals surface area contributed by atoms with Crippen LogP contribution in [0.2, 0.25) is 0 Å². The van der Waals surface area contributed by atoms with E-state index in [-0.39, 0.29) is 11.9 Å². The Hall–Kier alpha value is -2.72. The number of nitrogens with zero attached hydrogens (tertiary/aromatic N) is 3. The number of ether oxygens (including phenoxy) is 1. The highest BCUT2D eigenvalue weighted by Crippen LogP contribution is 2.47. The number of carbonyl (C=O) groups excluding carboxylic acids is 2. The first-order valence-electron chi connectivity index (χ1n) is 11.8. The molecule has 0 bridgehead atoms. The Balaban J connectivity index is 1.28. The molecule has 5 rings (SSSR count). The summed E-state index contributed by atoms with van der Waals surface area (Å²) in [5.74, 6) is -0.256. The summed E-state index contributed by atoms with van der Waals surface area (Å²) in [4.78, 5) is 46.1. The summed E-state index contributed by atoms with van der Waals surface area (Å²) in [6.07, 6.45) is 4.65. The van der Waals surface area contributed by atoms with Gasteiger partial charge in [0, 0.05) is 38.3 Å². The molecule has 2 aromatic heterocycles. The predicted molar refractivity (Wildman–Crippen MR) is 128 cm³/mol. The lowest BCUT2D eigenvalue weighted by molar-refractivity contribution is -0.154. The van der Waals surface area contributed by atoms with Crippen LogP contribution >= 0.6 is 11.3 Å². The fourth-order valence-electron chi connectivity index (χ4n) is 5.98. The third-order valence-electron chi connectivity index (χ3n) is 7.32. The average Bonchev–Trinajstić information content (AvgIpc) is 3.25. The normalized spacial score (nSPS) is 25.6. The molecule has 0 aromatic carbocycles. The molecule has 3 saturated heterocycles. The van der Waals surface area contributed by atoms with Gasteiger partial charge in [0.25, 0.3) is 5.91 Å². The number of cyclic esters (lactones) is 1. The maximum absolute atomic E-state index is 13.5. The number of hydrogen-bond acceptors (Lipinski definition) is 7. The molecule has 3 aliphatic heterocycles. The van der Waals surface area contributed by atoms with Gasteiger partial charge in [0.15, 0.2) is 0 Å². The molecule has 1 unspecified atom stereocenters. The second-order valence-electron chi connectivity index (χ2n) is 10.3. The number of esters is 1. The largest absolute Gasteiger partial charge is 0.465 e. The van der Waals surface area contributed by atoms with Gasteiger partial charge in [0.1, 0.15) is 16.2 Å². The zero-order chi connectivity index (χ0) is 24.1. The number of carbonyl (C=O) groups is 3. The number of hydrogen-bond donors (Lipinski definition) is 2. The fourth-order valence-corrected chi connectivity index (χ4v) is 7.02. The molecule has 0 aliphatic carbocycles. The first kappa shape index (κ1) is 23.0. The second-order valence-corrected chi connectivity index (χ2v) is 11.3. The smallest absolute Gasteiger partial charge is 0.409 e. The van der Waals surface area contributed by atoms with Crippen molar-refractivity contribution in [3.05, 3.63) is 23.9 Å². The van der Waals surface area contributed by atoms with Crippen molar-refractivity contribution in [1.29, 1.82) is 0 Å². The maximum Gasteiger partial charge on any atom is 0.409 e. The van der Waals surface area contributed by atoms with Gasteiger partial charge in [-0.25, -0.2) is 4.79 Å². The van der Waals surface area contributed by atoms with E-state index in [1.807, 2.05) is 19.9 Å². The monoisotopic (exact) mass is 486 g/mol. The number of carboxylic acid groups (broad SMARTS) is 1. The Bertz CT molecular complexity index is 1140. The Morgan fingerprint density at radius 2 is 2.03 bits per heavy atom. The minimum Gasteiger partial charge on any atom is -0.465 e. The van der Waals surface area contributed by atoms with Crippen molar-refractivity contribution in [2.24, 2.45) is 5.41 Å². The molecule has 9 nitrogen and oxygen atoms in total. The molecule has 1 spiro atoms. The van der Waals surface area contributed by atoms with Gasteiger partial charge >= 0.3 is 12.1 Å². The van der Waals surface area contributed by atoms with Gasteiger partial charge in [-0.3, -0.25) is 24.8 Å². The number of likely N-dealkylation sites (tertiary alicyclic amines) is 2. The zero-order valence-corrected chi connectivity index (χ0v) is 20.3. The number of anilines is 1. The first-order chi connectivity index (χ1) is 16.2. The van der Waals surface area contributed by atoms with Crippen LogP contribution in [0, 0.1) is 5.41 Å². The number of aromatic nitrogens is 1. The summed E-state index contributed by atoms with van der Waals surface area (Å²) in [6, 6.07) is 3.92. The van der Waals surface area contributed by atoms with E-state index in [9.17, 15) is 19.5 Å². The van der Waals surface area contributed by atoms with Crippen molar-refractivity contribution in [1.82, 2.24) is 14.8 Å². The topological polar surface area (TPSA) is 112 Å². The van der Waals surface area contributed by atoms with E-state index in [2.05, 4.69) is 15.2 Å². The highest BCUT2D eigenvalue weighted by atomic mass is 32.1. The van der Waals surface area contributed by atoms with Crippen LogP contribution in [0.1, 0.15) is 56.3 Å². The summed E-state index contributed by atoms with van der Waals surface area (Å²) in [6.45, 7) is 6.82. The van der Waals surface area contributed by atoms with Crippen molar-refractivity contribution < 1.29 is 24.2 Å². The summed E-state index contributed by atoms with van der Waals surface area (Å²) in [7, 11) is 0. The van der Waals surface area contributed by atoms with Gasteiger partial charge in [-0.15, -0.1) is 11.3 Å². The van der Waals surface area contributed by atoms with Crippen LogP contribution in [0.15, 0.2) is 18.3 Å². The lowest BCUT2D eigenvalue weighted by Gasteiger charge is -2.44. The van der Waals surface area contributed by atoms with Crippen molar-refractivity contribution in [2.45, 2.75) is 57.6 Å². The second kappa shape index (κ2) is 8.49. The fraction of sp³-hybridized carbons (Fsp3) is 0.583. The molecule has 182 valence electrons. The summed E-state index contributed by atoms with van der Waals surface area (Å²) in [5.41, 5.74) is 0.0421. The van der Waals surface area contributed by atoms with Crippen LogP contribution in [0.3, 0.4) is 0 Å². The van der Waals surface area contributed by atoms with Crippen LogP contribution in [0.4, 0.5) is 9.80 Å². The molecular formula is C24H30N4O5S. The molecule has 2 aromatic rings. The van der Waals surface area contributed by atoms with E-state index < -0.39 is 17.1 Å². The Morgan fingerprint density at radius 3 is 2.71 bits per heavy atom. The number of thiophene rings is 1. The van der Waals surface area contributed by atoms with E-state index in [0.717, 1.165) is 49.9 Å². The minimum absolute atomic E-state index is 0.0647. The number of pyridine rings is 1. The van der Waals surface area contributed by atoms with Crippen LogP contribution in [-0.2, 0) is 9.53 Å². The summed E-state index contributed by atoms with van der Waals surface area (Å²) < 4.78 is 6.44. The van der Waals surface area contributed by atoms with Crippen LogP contribution < -0.4 is 5.32 Å². The van der Waals surface area contributed by atoms with Gasteiger partial charge in [-0.1, -0.05) is 0 Å². The number of fused-ring (bicyclic) bond motifs is 1. The minimum atomic E-state index is -1.20. The van der Waals surface area contributed by atoms with Gasteiger partial charge in [-0.05, 0) is 58.2 Å². The predicted octanol–water partition coefficient (Wildman–Crippen LogP) is 3.80. The standard InChI is InChI=1S/C24H30N4O5S/c1-23(2)13-24(21(30)33-23)8-4-10-28(14-24)15-6-11-27(12-7-15)20(29)17-18-16(5-3-9-25-18)34-19(17)26-22(31)32/h3,5,9,15,26H,4,6-8,10-14H2,1-2H3,(H,31,32). The Labute approximate surface area is 202 Å². The SMILES string of the molecule is CC1(C)CC2(CCCN(C3CCN(C(=O)c4c(NC(=O)O)sc5cccnc45)CC3)C2)C(=O)O1. The first-order valence-corrected chi connectivity index (χ1v) is 12.6. The summed E-state index contributed by atoms with van der Waals surface area (Å²) in [5, 5.41) is 11.9. The van der Waals surface area contributed by atoms with Gasteiger partial charge in [0.05, 0.1) is 15.6 Å². The van der Waals surface area contributed by atoms with E-state index >= 15 is 0 Å². The Morgan fingerprint density at radius 1 is 1.26 bits per heavy atom. The van der Waals surface area contributed by atoms with Crippen LogP contribution in [-0.4, -0.2) is 75.7 Å². The molecule has 0 saturated carbocycles. The lowest BCUT2D eigenvalue weighted by atomic mass is 9.74. The molecule has 1 atom stereocenters. The van der Waals surface area contributed by atoms with E-state index in [0.29, 0.717) is 35.2 Å². The van der Waals surface area contributed by atoms with Crippen LogP contribution in [0.25, 0.3) is 10.2 Å². The molecule has 3 fully saturated rings. The Kier molecular flexibility index (Phi) is 5.76. The molecule has 5 heterocycles. The maximum atomic E-state index is 13.5. The van der Waals surface area contributed by atoms with Crippen LogP contribution in [0.5, 0.6) is 0 Å². The average molecular weight is 487 g/mol. The molecule has 2 amide bonds.